The maximum Gasteiger partial charge on any atom is 0.0994 e. The molecule has 1 aliphatic rings. The third kappa shape index (κ3) is 1.55. The number of aryl methyl sites for hydroxylation is 1. The van der Waals surface area contributed by atoms with Gasteiger partial charge in [0, 0.05) is 5.02 Å². The summed E-state index contributed by atoms with van der Waals surface area (Å²) in [7, 11) is 0. The molecule has 0 aromatic heterocycles. The highest BCUT2D eigenvalue weighted by Crippen LogP contribution is 2.43. The van der Waals surface area contributed by atoms with Crippen molar-refractivity contribution in [2.24, 2.45) is 0 Å². The van der Waals surface area contributed by atoms with Gasteiger partial charge in [0.05, 0.1) is 11.6 Å². The lowest BCUT2D eigenvalue weighted by molar-refractivity contribution is 1.12. The molecule has 1 aromatic carbocycles. The van der Waals surface area contributed by atoms with Gasteiger partial charge in [-0.3, -0.25) is 0 Å². The fourth-order valence-corrected chi connectivity index (χ4v) is 1.85. The van der Waals surface area contributed by atoms with Crippen LogP contribution in [-0.4, -0.2) is 0 Å². The van der Waals surface area contributed by atoms with Crippen LogP contribution in [0.3, 0.4) is 0 Å². The Morgan fingerprint density at radius 1 is 1.46 bits per heavy atom. The summed E-state index contributed by atoms with van der Waals surface area (Å²) in [6.45, 7) is 1.96. The van der Waals surface area contributed by atoms with E-state index in [-0.39, 0.29) is 0 Å². The monoisotopic (exact) mass is 191 g/mol. The fraction of sp³-hybridized carbons (Fsp3) is 0.364. The van der Waals surface area contributed by atoms with Crippen LogP contribution in [0.4, 0.5) is 0 Å². The summed E-state index contributed by atoms with van der Waals surface area (Å²) < 4.78 is 0. The first-order valence-corrected chi connectivity index (χ1v) is 4.80. The summed E-state index contributed by atoms with van der Waals surface area (Å²) in [4.78, 5) is 0. The minimum absolute atomic E-state index is 0.652. The predicted octanol–water partition coefficient (Wildman–Crippen LogP) is 3.40. The van der Waals surface area contributed by atoms with Gasteiger partial charge < -0.3 is 0 Å². The zero-order valence-electron chi connectivity index (χ0n) is 7.47. The lowest BCUT2D eigenvalue weighted by Gasteiger charge is -2.04. The highest BCUT2D eigenvalue weighted by atomic mass is 35.5. The summed E-state index contributed by atoms with van der Waals surface area (Å²) >= 11 is 6.06. The second kappa shape index (κ2) is 3.05. The highest BCUT2D eigenvalue weighted by Gasteiger charge is 2.26. The molecular formula is C11H10ClN. The Morgan fingerprint density at radius 3 is 2.69 bits per heavy atom. The van der Waals surface area contributed by atoms with Gasteiger partial charge in [0.1, 0.15) is 0 Å². The molecule has 0 saturated heterocycles. The van der Waals surface area contributed by atoms with Crippen LogP contribution < -0.4 is 0 Å². The Kier molecular flexibility index (Phi) is 2.01. The molecule has 0 atom stereocenters. The van der Waals surface area contributed by atoms with Gasteiger partial charge in [-0.15, -0.1) is 0 Å². The zero-order chi connectivity index (χ0) is 9.42. The van der Waals surface area contributed by atoms with Gasteiger partial charge in [-0.05, 0) is 42.9 Å². The van der Waals surface area contributed by atoms with E-state index in [0.29, 0.717) is 11.5 Å². The number of benzene rings is 1. The Morgan fingerprint density at radius 2 is 2.15 bits per heavy atom. The van der Waals surface area contributed by atoms with Crippen LogP contribution in [0.15, 0.2) is 12.1 Å². The molecule has 0 amide bonds. The van der Waals surface area contributed by atoms with E-state index in [1.807, 2.05) is 6.92 Å². The van der Waals surface area contributed by atoms with Crippen molar-refractivity contribution < 1.29 is 0 Å². The average Bonchev–Trinajstić information content (AvgIpc) is 2.91. The molecule has 1 saturated carbocycles. The molecule has 0 heterocycles. The van der Waals surface area contributed by atoms with Crippen LogP contribution in [0.5, 0.6) is 0 Å². The molecule has 0 unspecified atom stereocenters. The third-order valence-corrected chi connectivity index (χ3v) is 2.81. The Bertz CT molecular complexity index is 386. The minimum Gasteiger partial charge on any atom is -0.192 e. The van der Waals surface area contributed by atoms with Crippen LogP contribution >= 0.6 is 11.6 Å². The van der Waals surface area contributed by atoms with E-state index in [4.69, 9.17) is 16.9 Å². The largest absolute Gasteiger partial charge is 0.192 e. The minimum atomic E-state index is 0.652. The quantitative estimate of drug-likeness (QED) is 0.668. The number of hydrogen-bond donors (Lipinski definition) is 0. The number of nitrogens with zero attached hydrogens (tertiary/aromatic N) is 1. The van der Waals surface area contributed by atoms with Gasteiger partial charge in [0.15, 0.2) is 0 Å². The van der Waals surface area contributed by atoms with Gasteiger partial charge in [0.25, 0.3) is 0 Å². The molecule has 0 N–H and O–H groups in total. The lowest BCUT2D eigenvalue weighted by atomic mass is 10.0. The van der Waals surface area contributed by atoms with Gasteiger partial charge in [-0.2, -0.15) is 5.26 Å². The van der Waals surface area contributed by atoms with Crippen molar-refractivity contribution in [1.29, 1.82) is 5.26 Å². The molecule has 1 nitrogen and oxygen atoms in total. The van der Waals surface area contributed by atoms with Gasteiger partial charge in [0.2, 0.25) is 0 Å². The van der Waals surface area contributed by atoms with Crippen LogP contribution in [-0.2, 0) is 0 Å². The SMILES string of the molecule is Cc1cc(C2CC2)c(Cl)cc1C#N. The van der Waals surface area contributed by atoms with E-state index in [0.717, 1.165) is 10.6 Å². The average molecular weight is 192 g/mol. The summed E-state index contributed by atoms with van der Waals surface area (Å²) in [6, 6.07) is 5.97. The fourth-order valence-electron chi connectivity index (χ4n) is 1.53. The van der Waals surface area contributed by atoms with Gasteiger partial charge >= 0.3 is 0 Å². The zero-order valence-corrected chi connectivity index (χ0v) is 8.23. The molecular weight excluding hydrogens is 182 g/mol. The second-order valence-corrected chi connectivity index (χ2v) is 3.98. The topological polar surface area (TPSA) is 23.8 Å². The first kappa shape index (κ1) is 8.59. The van der Waals surface area contributed by atoms with Crippen molar-refractivity contribution >= 4 is 11.6 Å². The second-order valence-electron chi connectivity index (χ2n) is 3.57. The molecule has 0 aliphatic heterocycles. The molecule has 2 heteroatoms. The van der Waals surface area contributed by atoms with E-state index >= 15 is 0 Å². The first-order valence-electron chi connectivity index (χ1n) is 4.42. The third-order valence-electron chi connectivity index (χ3n) is 2.48. The molecule has 66 valence electrons. The molecule has 0 bridgehead atoms. The molecule has 0 spiro atoms. The summed E-state index contributed by atoms with van der Waals surface area (Å²) in [5, 5.41) is 9.53. The summed E-state index contributed by atoms with van der Waals surface area (Å²) in [5.41, 5.74) is 2.95. The smallest absolute Gasteiger partial charge is 0.0994 e. The lowest BCUT2D eigenvalue weighted by Crippen LogP contribution is -1.88. The van der Waals surface area contributed by atoms with Gasteiger partial charge in [-0.1, -0.05) is 17.7 Å². The van der Waals surface area contributed by atoms with Crippen molar-refractivity contribution in [3.8, 4) is 6.07 Å². The maximum absolute atomic E-state index is 8.78. The molecule has 1 fully saturated rings. The van der Waals surface area contributed by atoms with Crippen LogP contribution in [0, 0.1) is 18.3 Å². The van der Waals surface area contributed by atoms with Crippen molar-refractivity contribution in [2.75, 3.05) is 0 Å². The maximum atomic E-state index is 8.78. The summed E-state index contributed by atoms with van der Waals surface area (Å²) in [5.74, 6) is 0.652. The predicted molar refractivity (Wildman–Crippen MR) is 52.9 cm³/mol. The van der Waals surface area contributed by atoms with E-state index in [1.54, 1.807) is 6.07 Å². The van der Waals surface area contributed by atoms with Crippen LogP contribution in [0.25, 0.3) is 0 Å². The van der Waals surface area contributed by atoms with Gasteiger partial charge in [-0.25, -0.2) is 0 Å². The summed E-state index contributed by atoms with van der Waals surface area (Å²) in [6.07, 6.45) is 2.48. The van der Waals surface area contributed by atoms with E-state index in [2.05, 4.69) is 12.1 Å². The Hall–Kier alpha value is -1.00. The molecule has 1 aliphatic carbocycles. The molecule has 2 rings (SSSR count). The number of rotatable bonds is 1. The Balaban J connectivity index is 2.50. The van der Waals surface area contributed by atoms with Crippen molar-refractivity contribution in [3.05, 3.63) is 33.8 Å². The normalized spacial score (nSPS) is 15.5. The molecule has 13 heavy (non-hydrogen) atoms. The standard InChI is InChI=1S/C11H10ClN/c1-7-4-10(8-2-3-8)11(12)5-9(7)6-13/h4-5,8H,2-3H2,1H3. The highest BCUT2D eigenvalue weighted by molar-refractivity contribution is 6.31. The van der Waals surface area contributed by atoms with Crippen molar-refractivity contribution in [1.82, 2.24) is 0 Å². The van der Waals surface area contributed by atoms with Crippen LogP contribution in [0.1, 0.15) is 35.4 Å². The number of hydrogen-bond acceptors (Lipinski definition) is 1. The van der Waals surface area contributed by atoms with E-state index < -0.39 is 0 Å². The van der Waals surface area contributed by atoms with Crippen LogP contribution in [0.2, 0.25) is 5.02 Å². The molecule has 1 aromatic rings. The molecule has 0 radical (unpaired) electrons. The van der Waals surface area contributed by atoms with E-state index in [9.17, 15) is 0 Å². The Labute approximate surface area is 82.9 Å². The van der Waals surface area contributed by atoms with Crippen molar-refractivity contribution in [3.63, 3.8) is 0 Å². The number of nitriles is 1. The number of halogens is 1. The van der Waals surface area contributed by atoms with Crippen molar-refractivity contribution in [2.45, 2.75) is 25.7 Å². The first-order chi connectivity index (χ1) is 6.22. The van der Waals surface area contributed by atoms with E-state index in [1.165, 1.54) is 18.4 Å².